The van der Waals surface area contributed by atoms with Crippen LogP contribution in [0.15, 0.2) is 18.7 Å². The summed E-state index contributed by atoms with van der Waals surface area (Å²) in [4.78, 5) is 29.5. The van der Waals surface area contributed by atoms with Crippen LogP contribution in [0.2, 0.25) is 0 Å². The number of amides is 1. The van der Waals surface area contributed by atoms with Gasteiger partial charge >= 0.3 is 5.97 Å². The highest BCUT2D eigenvalue weighted by Crippen LogP contribution is 2.33. The fourth-order valence-electron chi connectivity index (χ4n) is 3.72. The van der Waals surface area contributed by atoms with Crippen molar-refractivity contribution in [2.75, 3.05) is 13.1 Å². The van der Waals surface area contributed by atoms with Crippen LogP contribution in [0, 0.1) is 17.8 Å². The van der Waals surface area contributed by atoms with E-state index in [0.717, 1.165) is 38.9 Å². The van der Waals surface area contributed by atoms with Gasteiger partial charge in [0.05, 0.1) is 12.2 Å². The van der Waals surface area contributed by atoms with Gasteiger partial charge in [-0.1, -0.05) is 0 Å². The van der Waals surface area contributed by atoms with Gasteiger partial charge in [-0.25, -0.2) is 4.98 Å². The van der Waals surface area contributed by atoms with Crippen molar-refractivity contribution < 1.29 is 14.7 Å². The summed E-state index contributed by atoms with van der Waals surface area (Å²) in [5.74, 6) is -0.396. The smallest absolute Gasteiger partial charge is 0.306 e. The number of hydrogen-bond donors (Lipinski definition) is 1. The van der Waals surface area contributed by atoms with Crippen LogP contribution in [0.1, 0.15) is 32.1 Å². The molecule has 1 aliphatic heterocycles. The Bertz CT molecular complexity index is 521. The summed E-state index contributed by atoms with van der Waals surface area (Å²) in [6.07, 6.45) is 9.51. The van der Waals surface area contributed by atoms with Gasteiger partial charge in [0.1, 0.15) is 0 Å². The molecule has 1 N–H and O–H groups in total. The van der Waals surface area contributed by atoms with E-state index in [-0.39, 0.29) is 17.7 Å². The molecule has 2 atom stereocenters. The maximum atomic E-state index is 12.5. The largest absolute Gasteiger partial charge is 0.481 e. The Morgan fingerprint density at radius 2 is 1.86 bits per heavy atom. The lowest BCUT2D eigenvalue weighted by Gasteiger charge is -2.33. The zero-order chi connectivity index (χ0) is 15.5. The summed E-state index contributed by atoms with van der Waals surface area (Å²) in [6, 6.07) is 0. The average Bonchev–Trinajstić information content (AvgIpc) is 3.18. The Morgan fingerprint density at radius 3 is 2.45 bits per heavy atom. The first-order chi connectivity index (χ1) is 10.6. The number of carbonyl (C=O) groups is 2. The Kier molecular flexibility index (Phi) is 4.45. The normalized spacial score (nSPS) is 26.3. The molecule has 0 spiro atoms. The average molecular weight is 305 g/mol. The first-order valence-electron chi connectivity index (χ1n) is 8.11. The van der Waals surface area contributed by atoms with Crippen LogP contribution in [0.5, 0.6) is 0 Å². The molecule has 0 bridgehead atoms. The number of carboxylic acid groups (broad SMARTS) is 1. The van der Waals surface area contributed by atoms with Crippen molar-refractivity contribution in [2.45, 2.75) is 38.6 Å². The molecular weight excluding hydrogens is 282 g/mol. The zero-order valence-corrected chi connectivity index (χ0v) is 12.7. The minimum Gasteiger partial charge on any atom is -0.481 e. The van der Waals surface area contributed by atoms with E-state index in [1.807, 2.05) is 17.4 Å². The van der Waals surface area contributed by atoms with Crippen LogP contribution < -0.4 is 0 Å². The maximum absolute atomic E-state index is 12.5. The second-order valence-electron chi connectivity index (χ2n) is 6.57. The number of rotatable bonds is 4. The first-order valence-corrected chi connectivity index (χ1v) is 8.11. The van der Waals surface area contributed by atoms with Gasteiger partial charge in [-0.2, -0.15) is 0 Å². The number of likely N-dealkylation sites (tertiary alicyclic amines) is 1. The van der Waals surface area contributed by atoms with E-state index in [2.05, 4.69) is 9.55 Å². The minimum atomic E-state index is -0.755. The molecule has 22 heavy (non-hydrogen) atoms. The van der Waals surface area contributed by atoms with Crippen LogP contribution >= 0.6 is 0 Å². The third kappa shape index (κ3) is 3.31. The van der Waals surface area contributed by atoms with Crippen molar-refractivity contribution in [3.63, 3.8) is 0 Å². The summed E-state index contributed by atoms with van der Waals surface area (Å²) in [7, 11) is 0. The lowest BCUT2D eigenvalue weighted by Crippen LogP contribution is -2.42. The number of carbonyl (C=O) groups excluding carboxylic acids is 1. The second kappa shape index (κ2) is 6.50. The van der Waals surface area contributed by atoms with Gasteiger partial charge in [-0.05, 0) is 38.0 Å². The number of hydrogen-bond acceptors (Lipinski definition) is 3. The predicted molar refractivity (Wildman–Crippen MR) is 80.0 cm³/mol. The van der Waals surface area contributed by atoms with Crippen molar-refractivity contribution in [1.82, 2.24) is 14.5 Å². The number of aromatic nitrogens is 2. The number of aliphatic carboxylic acids is 1. The van der Waals surface area contributed by atoms with Crippen molar-refractivity contribution in [3.05, 3.63) is 18.7 Å². The molecule has 1 aliphatic carbocycles. The predicted octanol–water partition coefficient (Wildman–Crippen LogP) is 1.62. The molecule has 1 saturated heterocycles. The summed E-state index contributed by atoms with van der Waals surface area (Å²) < 4.78 is 2.09. The van der Waals surface area contributed by atoms with E-state index in [0.29, 0.717) is 18.8 Å². The van der Waals surface area contributed by atoms with E-state index >= 15 is 0 Å². The summed E-state index contributed by atoms with van der Waals surface area (Å²) in [5, 5.41) is 9.05. The summed E-state index contributed by atoms with van der Waals surface area (Å²) >= 11 is 0. The molecule has 1 aromatic heterocycles. The van der Waals surface area contributed by atoms with E-state index < -0.39 is 5.97 Å². The van der Waals surface area contributed by atoms with E-state index in [1.54, 1.807) is 6.20 Å². The fraction of sp³-hybridized carbons (Fsp3) is 0.688. The Balaban J connectivity index is 1.47. The van der Waals surface area contributed by atoms with Gasteiger partial charge in [-0.3, -0.25) is 9.59 Å². The molecule has 3 rings (SSSR count). The molecule has 2 aliphatic rings. The third-order valence-electron chi connectivity index (χ3n) is 5.09. The molecule has 0 radical (unpaired) electrons. The molecular formula is C16H23N3O3. The van der Waals surface area contributed by atoms with Gasteiger partial charge in [0.15, 0.2) is 0 Å². The van der Waals surface area contributed by atoms with E-state index in [9.17, 15) is 9.59 Å². The van der Waals surface area contributed by atoms with Crippen molar-refractivity contribution in [1.29, 1.82) is 0 Å². The summed E-state index contributed by atoms with van der Waals surface area (Å²) in [5.41, 5.74) is 0. The lowest BCUT2D eigenvalue weighted by molar-refractivity contribution is -0.141. The van der Waals surface area contributed by atoms with Gasteiger partial charge in [-0.15, -0.1) is 0 Å². The molecule has 6 heteroatoms. The highest BCUT2D eigenvalue weighted by Gasteiger charge is 2.36. The van der Waals surface area contributed by atoms with Crippen LogP contribution in [-0.4, -0.2) is 44.5 Å². The molecule has 2 heterocycles. The lowest BCUT2D eigenvalue weighted by atomic mass is 9.95. The Hall–Kier alpha value is -1.85. The molecule has 1 saturated carbocycles. The highest BCUT2D eigenvalue weighted by molar-refractivity contribution is 5.81. The second-order valence-corrected chi connectivity index (χ2v) is 6.57. The number of nitrogens with zero attached hydrogens (tertiary/aromatic N) is 3. The van der Waals surface area contributed by atoms with Crippen LogP contribution in [0.3, 0.4) is 0 Å². The van der Waals surface area contributed by atoms with Crippen molar-refractivity contribution in [3.8, 4) is 0 Å². The topological polar surface area (TPSA) is 75.4 Å². The number of carboxylic acids is 1. The fourth-order valence-corrected chi connectivity index (χ4v) is 3.72. The van der Waals surface area contributed by atoms with Gasteiger partial charge in [0, 0.05) is 37.9 Å². The molecule has 6 nitrogen and oxygen atoms in total. The standard InChI is InChI=1S/C16H23N3O3/c20-15(13-1-2-14(9-13)16(21)22)19-6-3-12(4-7-19)10-18-8-5-17-11-18/h5,8,11-14H,1-4,6-7,9-10H2,(H,21,22)/t13-,14+/m0/s1. The highest BCUT2D eigenvalue weighted by atomic mass is 16.4. The SMILES string of the molecule is O=C(O)[C@@H]1CC[C@H](C(=O)N2CCC(Cn3ccnc3)CC2)C1. The first kappa shape index (κ1) is 15.1. The van der Waals surface area contributed by atoms with Crippen molar-refractivity contribution in [2.24, 2.45) is 17.8 Å². The monoisotopic (exact) mass is 305 g/mol. The van der Waals surface area contributed by atoms with Crippen molar-refractivity contribution >= 4 is 11.9 Å². The minimum absolute atomic E-state index is 0.0775. The van der Waals surface area contributed by atoms with Gasteiger partial charge in [0.25, 0.3) is 0 Å². The molecule has 2 fully saturated rings. The van der Waals surface area contributed by atoms with Crippen LogP contribution in [0.25, 0.3) is 0 Å². The van der Waals surface area contributed by atoms with Gasteiger partial charge in [0.2, 0.25) is 5.91 Å². The zero-order valence-electron chi connectivity index (χ0n) is 12.7. The number of piperidine rings is 1. The molecule has 120 valence electrons. The molecule has 1 aromatic rings. The Labute approximate surface area is 130 Å². The van der Waals surface area contributed by atoms with E-state index in [4.69, 9.17) is 5.11 Å². The van der Waals surface area contributed by atoms with E-state index in [1.165, 1.54) is 0 Å². The maximum Gasteiger partial charge on any atom is 0.306 e. The van der Waals surface area contributed by atoms with Gasteiger partial charge < -0.3 is 14.6 Å². The number of imidazole rings is 1. The van der Waals surface area contributed by atoms with Crippen LogP contribution in [0.4, 0.5) is 0 Å². The molecule has 1 amide bonds. The third-order valence-corrected chi connectivity index (χ3v) is 5.09. The molecule has 0 aromatic carbocycles. The molecule has 0 unspecified atom stereocenters. The Morgan fingerprint density at radius 1 is 1.14 bits per heavy atom. The quantitative estimate of drug-likeness (QED) is 0.917. The summed E-state index contributed by atoms with van der Waals surface area (Å²) in [6.45, 7) is 2.56. The van der Waals surface area contributed by atoms with Crippen LogP contribution in [-0.2, 0) is 16.1 Å².